The molecule has 1 heterocycles. The number of carboxylic acid groups (broad SMARTS) is 3. The van der Waals surface area contributed by atoms with Gasteiger partial charge in [0, 0.05) is 29.9 Å². The fourth-order valence-corrected chi connectivity index (χ4v) is 5.79. The number of aromatic nitrogens is 1. The Hall–Kier alpha value is -6.66. The maximum atomic E-state index is 13.6. The molecule has 0 spiro atoms. The number of benzene rings is 1. The lowest BCUT2D eigenvalue weighted by molar-refractivity contribution is -0.143. The molecule has 17 N–H and O–H groups in total. The fraction of sp³-hybridized carbons (Fsp3) is 0.514. The molecule has 0 radical (unpaired) electrons. The number of aliphatic hydroxyl groups excluding tert-OH is 1. The van der Waals surface area contributed by atoms with E-state index in [2.05, 4.69) is 36.9 Å². The second-order valence-electron chi connectivity index (χ2n) is 14.2. The zero-order chi connectivity index (χ0) is 46.0. The molecule has 1 aromatic heterocycles. The fourth-order valence-electron chi connectivity index (χ4n) is 5.79. The summed E-state index contributed by atoms with van der Waals surface area (Å²) in [7, 11) is 0. The normalized spacial score (nSPS) is 15.0. The molecule has 0 bridgehead atoms. The molecule has 0 aliphatic carbocycles. The minimum Gasteiger partial charge on any atom is -0.481 e. The van der Waals surface area contributed by atoms with Crippen molar-refractivity contribution in [1.82, 2.24) is 36.9 Å². The Labute approximate surface area is 348 Å². The van der Waals surface area contributed by atoms with Crippen molar-refractivity contribution in [2.45, 2.75) is 114 Å². The quantitative estimate of drug-likeness (QED) is 0.0379. The highest BCUT2D eigenvalue weighted by Gasteiger charge is 2.35. The van der Waals surface area contributed by atoms with E-state index >= 15 is 0 Å². The lowest BCUT2D eigenvalue weighted by atomic mass is 10.0. The van der Waals surface area contributed by atoms with Gasteiger partial charge >= 0.3 is 17.9 Å². The smallest absolute Gasteiger partial charge is 0.326 e. The topological polar surface area (TPSA) is 418 Å². The molecule has 8 atom stereocenters. The highest BCUT2D eigenvalue weighted by molar-refractivity contribution is 5.99. The maximum absolute atomic E-state index is 13.6. The highest BCUT2D eigenvalue weighted by Crippen LogP contribution is 2.19. The number of aliphatic hydroxyl groups is 1. The number of nitrogens with one attached hydrogen (secondary N) is 7. The number of nitrogens with two attached hydrogens (primary N) is 3. The van der Waals surface area contributed by atoms with E-state index in [1.807, 2.05) is 0 Å². The molecule has 0 fully saturated rings. The third-order valence-electron chi connectivity index (χ3n) is 9.20. The molecule has 0 unspecified atom stereocenters. The van der Waals surface area contributed by atoms with Crippen molar-refractivity contribution in [2.24, 2.45) is 17.2 Å². The van der Waals surface area contributed by atoms with Gasteiger partial charge in [-0.05, 0) is 57.7 Å². The van der Waals surface area contributed by atoms with Gasteiger partial charge in [-0.15, -0.1) is 0 Å². The van der Waals surface area contributed by atoms with Crippen LogP contribution in [0.4, 0.5) is 0 Å². The molecule has 7 amide bonds. The number of unbranched alkanes of at least 4 members (excludes halogenated alkanes) is 1. The van der Waals surface area contributed by atoms with Gasteiger partial charge in [-0.2, -0.15) is 0 Å². The van der Waals surface area contributed by atoms with Gasteiger partial charge in [0.15, 0.2) is 0 Å². The van der Waals surface area contributed by atoms with Crippen LogP contribution in [-0.4, -0.2) is 140 Å². The number of rotatable bonds is 27. The first kappa shape index (κ1) is 50.5. The van der Waals surface area contributed by atoms with Crippen molar-refractivity contribution in [3.8, 4) is 0 Å². The summed E-state index contributed by atoms with van der Waals surface area (Å²) in [6.07, 6.45) is -2.27. The Kier molecular flexibility index (Phi) is 20.2. The predicted molar refractivity (Wildman–Crippen MR) is 212 cm³/mol. The number of para-hydroxylation sites is 1. The van der Waals surface area contributed by atoms with Gasteiger partial charge in [-0.25, -0.2) is 4.79 Å². The Morgan fingerprint density at radius 1 is 0.656 bits per heavy atom. The number of carboxylic acids is 3. The van der Waals surface area contributed by atoms with Gasteiger partial charge in [0.1, 0.15) is 42.3 Å². The molecule has 2 rings (SSSR count). The second kappa shape index (κ2) is 24.4. The lowest BCUT2D eigenvalue weighted by Gasteiger charge is -2.26. The average molecular weight is 863 g/mol. The van der Waals surface area contributed by atoms with Crippen LogP contribution in [0.5, 0.6) is 0 Å². The number of fused-ring (bicyclic) bond motifs is 1. The average Bonchev–Trinajstić information content (AvgIpc) is 3.59. The van der Waals surface area contributed by atoms with Crippen molar-refractivity contribution in [3.63, 3.8) is 0 Å². The second-order valence-corrected chi connectivity index (χ2v) is 14.2. The summed E-state index contributed by atoms with van der Waals surface area (Å²) in [5.41, 5.74) is 17.7. The molecule has 0 saturated carbocycles. The van der Waals surface area contributed by atoms with E-state index in [1.165, 1.54) is 13.8 Å². The number of carbonyl (C=O) groups excluding carboxylic acids is 7. The summed E-state index contributed by atoms with van der Waals surface area (Å²) in [5, 5.41) is 52.2. The zero-order valence-electron chi connectivity index (χ0n) is 33.5. The van der Waals surface area contributed by atoms with Crippen LogP contribution in [0.15, 0.2) is 30.5 Å². The van der Waals surface area contributed by atoms with E-state index in [-0.39, 0.29) is 12.8 Å². The molecule has 0 aliphatic rings. The minimum atomic E-state index is -2.00. The Morgan fingerprint density at radius 3 is 1.77 bits per heavy atom. The molecule has 24 nitrogen and oxygen atoms in total. The van der Waals surface area contributed by atoms with Gasteiger partial charge in [0.2, 0.25) is 41.4 Å². The molecule has 2 aromatic rings. The van der Waals surface area contributed by atoms with Gasteiger partial charge in [-0.1, -0.05) is 18.2 Å². The first-order valence-corrected chi connectivity index (χ1v) is 19.1. The number of hydrogen-bond donors (Lipinski definition) is 14. The monoisotopic (exact) mass is 862 g/mol. The Morgan fingerprint density at radius 2 is 1.20 bits per heavy atom. The SMILES string of the molecule is C[C@H](NC(=O)[C@H](CC(N)=O)NC(=O)[C@H](CC(=O)O)NC(=O)[C@H](CCC(=O)O)NC(=O)[C@@H](N)[C@@H](C)O)C(=O)N[C@@H](Cc1c[nH]c2ccccc12)C(=O)N[C@@H](CCCCN)C(=O)O. The van der Waals surface area contributed by atoms with Crippen molar-refractivity contribution in [2.75, 3.05) is 6.54 Å². The van der Waals surface area contributed by atoms with Gasteiger partial charge in [0.05, 0.1) is 18.9 Å². The number of aliphatic carboxylic acids is 3. The van der Waals surface area contributed by atoms with E-state index in [4.69, 9.17) is 22.3 Å². The van der Waals surface area contributed by atoms with Crippen molar-refractivity contribution >= 4 is 70.2 Å². The summed E-state index contributed by atoms with van der Waals surface area (Å²) >= 11 is 0. The minimum absolute atomic E-state index is 0.0446. The van der Waals surface area contributed by atoms with Gasteiger partial charge in [0.25, 0.3) is 0 Å². The van der Waals surface area contributed by atoms with Crippen LogP contribution in [0.25, 0.3) is 10.9 Å². The highest BCUT2D eigenvalue weighted by atomic mass is 16.4. The first-order valence-electron chi connectivity index (χ1n) is 19.1. The van der Waals surface area contributed by atoms with Crippen molar-refractivity contribution in [1.29, 1.82) is 0 Å². The number of amides is 7. The van der Waals surface area contributed by atoms with E-state index in [0.717, 1.165) is 0 Å². The van der Waals surface area contributed by atoms with E-state index in [9.17, 15) is 63.3 Å². The molecule has 0 saturated heterocycles. The third-order valence-corrected chi connectivity index (χ3v) is 9.20. The molecule has 61 heavy (non-hydrogen) atoms. The molecule has 1 aromatic carbocycles. The number of carbonyl (C=O) groups is 10. The Bertz CT molecular complexity index is 1920. The van der Waals surface area contributed by atoms with Crippen LogP contribution >= 0.6 is 0 Å². The first-order chi connectivity index (χ1) is 28.6. The number of H-pyrrole nitrogens is 1. The largest absolute Gasteiger partial charge is 0.481 e. The van der Waals surface area contributed by atoms with Gasteiger partial charge in [-0.3, -0.25) is 43.2 Å². The van der Waals surface area contributed by atoms with Crippen molar-refractivity contribution < 1.29 is 68.4 Å². The number of hydrogen-bond acceptors (Lipinski definition) is 13. The Balaban J connectivity index is 2.30. The van der Waals surface area contributed by atoms with E-state index in [0.29, 0.717) is 35.9 Å². The van der Waals surface area contributed by atoms with Crippen LogP contribution in [0.1, 0.15) is 64.4 Å². The number of primary amides is 1. The lowest BCUT2D eigenvalue weighted by Crippen LogP contribution is -2.60. The van der Waals surface area contributed by atoms with E-state index < -0.39 is 133 Å². The molecule has 336 valence electrons. The molecular weight excluding hydrogens is 808 g/mol. The van der Waals surface area contributed by atoms with Gasteiger partial charge < -0.3 is 74.5 Å². The molecular formula is C37H54N10O14. The predicted octanol–water partition coefficient (Wildman–Crippen LogP) is -4.22. The zero-order valence-corrected chi connectivity index (χ0v) is 33.5. The summed E-state index contributed by atoms with van der Waals surface area (Å²) < 4.78 is 0. The summed E-state index contributed by atoms with van der Waals surface area (Å²) in [6, 6.07) is -4.30. The molecule has 24 heteroatoms. The third kappa shape index (κ3) is 16.9. The van der Waals surface area contributed by atoms with Crippen LogP contribution in [0, 0.1) is 0 Å². The van der Waals surface area contributed by atoms with Crippen LogP contribution in [0.3, 0.4) is 0 Å². The summed E-state index contributed by atoms with van der Waals surface area (Å²) in [5.74, 6) is -12.2. The number of aromatic amines is 1. The summed E-state index contributed by atoms with van der Waals surface area (Å²) in [6.45, 7) is 2.65. The van der Waals surface area contributed by atoms with Crippen LogP contribution < -0.4 is 49.1 Å². The van der Waals surface area contributed by atoms with Crippen molar-refractivity contribution in [3.05, 3.63) is 36.0 Å². The van der Waals surface area contributed by atoms with Crippen LogP contribution in [0.2, 0.25) is 0 Å². The van der Waals surface area contributed by atoms with Crippen LogP contribution in [-0.2, 0) is 54.4 Å². The molecule has 0 aliphatic heterocycles. The maximum Gasteiger partial charge on any atom is 0.326 e. The summed E-state index contributed by atoms with van der Waals surface area (Å²) in [4.78, 5) is 130. The standard InChI is InChI=1S/C37H54N10O14/c1-17(31(54)45-24(13-19-16-41-21-8-4-3-7-20(19)21)34(57)44-23(37(60)61)9-5-6-12-38)42-33(56)25(14-27(39)49)46-35(58)26(15-29(52)53)47-32(55)22(10-11-28(50)51)43-36(59)30(40)18(2)48/h3-4,7-8,16-18,22-26,30,41,48H,5-6,9-15,38,40H2,1-2H3,(H2,39,49)(H,42,56)(H,43,59)(H,44,57)(H,45,54)(H,46,58)(H,47,55)(H,50,51)(H,52,53)(H,60,61)/t17-,18+,22-,23-,24-,25-,26-,30-/m0/s1. The van der Waals surface area contributed by atoms with E-state index in [1.54, 1.807) is 30.5 Å².